The molecule has 2 aromatic rings. The van der Waals surface area contributed by atoms with Gasteiger partial charge in [0.1, 0.15) is 12.4 Å². The van der Waals surface area contributed by atoms with Gasteiger partial charge >= 0.3 is 0 Å². The highest BCUT2D eigenvalue weighted by molar-refractivity contribution is 6.31. The monoisotopic (exact) mass is 461 g/mol. The number of rotatable bonds is 5. The molecular formula is C28H28ClNO3. The zero-order chi connectivity index (χ0) is 22.9. The summed E-state index contributed by atoms with van der Waals surface area (Å²) in [6.07, 6.45) is 4.68. The minimum absolute atomic E-state index is 0.184. The van der Waals surface area contributed by atoms with Crippen molar-refractivity contribution >= 4 is 23.2 Å². The number of ether oxygens (including phenoxy) is 1. The largest absolute Gasteiger partial charge is 0.489 e. The molecule has 0 radical (unpaired) electrons. The summed E-state index contributed by atoms with van der Waals surface area (Å²) in [5.41, 5.74) is 5.85. The Labute approximate surface area is 199 Å². The van der Waals surface area contributed by atoms with E-state index in [1.54, 1.807) is 0 Å². The summed E-state index contributed by atoms with van der Waals surface area (Å²) in [5, 5.41) is 0.683. The van der Waals surface area contributed by atoms with Gasteiger partial charge in [0, 0.05) is 58.4 Å². The fourth-order valence-corrected chi connectivity index (χ4v) is 5.65. The van der Waals surface area contributed by atoms with Gasteiger partial charge < -0.3 is 9.64 Å². The average Bonchev–Trinajstić information content (AvgIpc) is 2.83. The number of nitrogens with zero attached hydrogens (tertiary/aromatic N) is 1. The maximum absolute atomic E-state index is 13.2. The predicted molar refractivity (Wildman–Crippen MR) is 129 cm³/mol. The predicted octanol–water partition coefficient (Wildman–Crippen LogP) is 6.35. The number of hydrogen-bond donors (Lipinski definition) is 0. The van der Waals surface area contributed by atoms with Crippen LogP contribution in [0.4, 0.5) is 0 Å². The highest BCUT2D eigenvalue weighted by Gasteiger charge is 2.42. The van der Waals surface area contributed by atoms with Crippen LogP contribution in [0.25, 0.3) is 0 Å². The molecule has 1 heterocycles. The summed E-state index contributed by atoms with van der Waals surface area (Å²) in [4.78, 5) is 28.6. The molecular weight excluding hydrogens is 434 g/mol. The van der Waals surface area contributed by atoms with E-state index in [2.05, 4.69) is 11.8 Å². The van der Waals surface area contributed by atoms with Crippen molar-refractivity contribution in [2.75, 3.05) is 6.54 Å². The minimum Gasteiger partial charge on any atom is -0.489 e. The van der Waals surface area contributed by atoms with Crippen LogP contribution < -0.4 is 4.74 Å². The average molecular weight is 462 g/mol. The van der Waals surface area contributed by atoms with Crippen LogP contribution in [0.3, 0.4) is 0 Å². The smallest absolute Gasteiger partial charge is 0.161 e. The summed E-state index contributed by atoms with van der Waals surface area (Å²) in [6, 6.07) is 15.5. The number of halogens is 1. The van der Waals surface area contributed by atoms with Crippen molar-refractivity contribution in [3.05, 3.63) is 87.2 Å². The zero-order valence-corrected chi connectivity index (χ0v) is 19.7. The van der Waals surface area contributed by atoms with Gasteiger partial charge in [-0.05, 0) is 56.4 Å². The molecule has 0 bridgehead atoms. The lowest BCUT2D eigenvalue weighted by Gasteiger charge is -2.43. The normalized spacial score (nSPS) is 19.0. The number of ketones is 2. The van der Waals surface area contributed by atoms with E-state index in [0.717, 1.165) is 71.6 Å². The molecule has 0 amide bonds. The first-order valence-electron chi connectivity index (χ1n) is 11.8. The van der Waals surface area contributed by atoms with E-state index in [4.69, 9.17) is 16.3 Å². The van der Waals surface area contributed by atoms with Crippen molar-refractivity contribution in [1.82, 2.24) is 4.90 Å². The molecule has 33 heavy (non-hydrogen) atoms. The maximum atomic E-state index is 13.2. The van der Waals surface area contributed by atoms with E-state index in [1.165, 1.54) is 0 Å². The third-order valence-electron chi connectivity index (χ3n) is 6.97. The van der Waals surface area contributed by atoms with Crippen molar-refractivity contribution in [2.45, 2.75) is 58.0 Å². The Morgan fingerprint density at radius 3 is 2.06 bits per heavy atom. The Morgan fingerprint density at radius 1 is 0.879 bits per heavy atom. The molecule has 2 aliphatic carbocycles. The Kier molecular flexibility index (Phi) is 6.11. The first kappa shape index (κ1) is 22.0. The summed E-state index contributed by atoms with van der Waals surface area (Å²) in [7, 11) is 0. The summed E-state index contributed by atoms with van der Waals surface area (Å²) < 4.78 is 5.95. The lowest BCUT2D eigenvalue weighted by molar-refractivity contribution is -0.117. The van der Waals surface area contributed by atoms with E-state index >= 15 is 0 Å². The van der Waals surface area contributed by atoms with Crippen LogP contribution in [0.15, 0.2) is 71.1 Å². The zero-order valence-electron chi connectivity index (χ0n) is 18.9. The molecule has 170 valence electrons. The molecule has 3 aliphatic rings. The van der Waals surface area contributed by atoms with Crippen LogP contribution in [-0.2, 0) is 16.2 Å². The van der Waals surface area contributed by atoms with Gasteiger partial charge in [0.2, 0.25) is 0 Å². The molecule has 1 aliphatic heterocycles. The van der Waals surface area contributed by atoms with E-state index in [9.17, 15) is 9.59 Å². The lowest BCUT2D eigenvalue weighted by Crippen LogP contribution is -2.39. The van der Waals surface area contributed by atoms with Crippen molar-refractivity contribution < 1.29 is 14.3 Å². The van der Waals surface area contributed by atoms with Crippen LogP contribution >= 0.6 is 11.6 Å². The molecule has 5 heteroatoms. The van der Waals surface area contributed by atoms with Gasteiger partial charge in [0.25, 0.3) is 0 Å². The van der Waals surface area contributed by atoms with E-state index in [0.29, 0.717) is 24.5 Å². The molecule has 0 unspecified atom stereocenters. The second kappa shape index (κ2) is 9.18. The summed E-state index contributed by atoms with van der Waals surface area (Å²) in [6.45, 7) is 3.29. The van der Waals surface area contributed by atoms with Crippen molar-refractivity contribution in [1.29, 1.82) is 0 Å². The molecule has 0 spiro atoms. The van der Waals surface area contributed by atoms with Crippen LogP contribution in [-0.4, -0.2) is 23.0 Å². The number of allylic oxidation sites excluding steroid dienone is 4. The molecule has 0 N–H and O–H groups in total. The quantitative estimate of drug-likeness (QED) is 0.520. The Bertz CT molecular complexity index is 1120. The lowest BCUT2D eigenvalue weighted by atomic mass is 9.71. The molecule has 5 rings (SSSR count). The molecule has 2 aromatic carbocycles. The second-order valence-electron chi connectivity index (χ2n) is 8.90. The number of benzene rings is 2. The highest BCUT2D eigenvalue weighted by Crippen LogP contribution is 2.49. The molecule has 0 saturated carbocycles. The first-order valence-corrected chi connectivity index (χ1v) is 12.2. The third-order valence-corrected chi connectivity index (χ3v) is 7.34. The van der Waals surface area contributed by atoms with Gasteiger partial charge in [-0.25, -0.2) is 0 Å². The molecule has 4 nitrogen and oxygen atoms in total. The topological polar surface area (TPSA) is 46.6 Å². The van der Waals surface area contributed by atoms with Gasteiger partial charge in [-0.3, -0.25) is 9.59 Å². The number of carbonyl (C=O) groups excluding carboxylic acids is 2. The van der Waals surface area contributed by atoms with Crippen LogP contribution in [0.1, 0.15) is 62.5 Å². The Morgan fingerprint density at radius 2 is 1.48 bits per heavy atom. The van der Waals surface area contributed by atoms with Crippen LogP contribution in [0, 0.1) is 0 Å². The molecule has 0 fully saturated rings. The molecule has 0 atom stereocenters. The van der Waals surface area contributed by atoms with Gasteiger partial charge in [0.05, 0.1) is 0 Å². The fourth-order valence-electron chi connectivity index (χ4n) is 5.46. The summed E-state index contributed by atoms with van der Waals surface area (Å²) >= 11 is 6.24. The van der Waals surface area contributed by atoms with Crippen LogP contribution in [0.2, 0.25) is 5.02 Å². The van der Waals surface area contributed by atoms with Gasteiger partial charge in [-0.1, -0.05) is 41.9 Å². The molecule has 0 aromatic heterocycles. The van der Waals surface area contributed by atoms with Crippen molar-refractivity contribution in [3.63, 3.8) is 0 Å². The maximum Gasteiger partial charge on any atom is 0.161 e. The van der Waals surface area contributed by atoms with Gasteiger partial charge in [-0.15, -0.1) is 0 Å². The number of Topliss-reactive ketones (excluding diaryl/α,β-unsaturated/α-hetero) is 2. The van der Waals surface area contributed by atoms with Crippen LogP contribution in [0.5, 0.6) is 5.75 Å². The Balaban J connectivity index is 1.49. The van der Waals surface area contributed by atoms with E-state index < -0.39 is 0 Å². The second-order valence-corrected chi connectivity index (χ2v) is 9.31. The SMILES string of the molecule is CCN1C2=C(C(=O)CCC2)C(c2ccc(OCc3ccccc3Cl)cc2)C2=C1CCCC2=O. The summed E-state index contributed by atoms with van der Waals surface area (Å²) in [5.74, 6) is 0.835. The van der Waals surface area contributed by atoms with Gasteiger partial charge in [-0.2, -0.15) is 0 Å². The van der Waals surface area contributed by atoms with E-state index in [-0.39, 0.29) is 17.5 Å². The highest BCUT2D eigenvalue weighted by atomic mass is 35.5. The number of hydrogen-bond acceptors (Lipinski definition) is 4. The minimum atomic E-state index is -0.268. The van der Waals surface area contributed by atoms with Gasteiger partial charge in [0.15, 0.2) is 11.6 Å². The third kappa shape index (κ3) is 4.02. The number of carbonyl (C=O) groups is 2. The molecule has 0 saturated heterocycles. The van der Waals surface area contributed by atoms with E-state index in [1.807, 2.05) is 48.5 Å². The fraction of sp³-hybridized carbons (Fsp3) is 0.357. The standard InChI is InChI=1S/C28H28ClNO3/c1-2-30-22-9-5-11-24(31)27(22)26(28-23(30)10-6-12-25(28)32)18-13-15-20(16-14-18)33-17-19-7-3-4-8-21(19)29/h3-4,7-8,13-16,26H,2,5-6,9-12,17H2,1H3. The van der Waals surface area contributed by atoms with Crippen molar-refractivity contribution in [3.8, 4) is 5.75 Å². The van der Waals surface area contributed by atoms with Crippen molar-refractivity contribution in [2.24, 2.45) is 0 Å². The Hall–Kier alpha value is -2.85. The first-order chi connectivity index (χ1) is 16.1.